The first kappa shape index (κ1) is 13.8. The molecule has 8 heteroatoms. The van der Waals surface area contributed by atoms with Crippen LogP contribution in [0.2, 0.25) is 4.34 Å². The predicted molar refractivity (Wildman–Crippen MR) is 86.2 cm³/mol. The number of ketones is 1. The molecule has 0 radical (unpaired) electrons. The number of anilines is 1. The molecule has 3 rings (SSSR count). The lowest BCUT2D eigenvalue weighted by Crippen LogP contribution is -2.01. The molecule has 0 saturated carbocycles. The van der Waals surface area contributed by atoms with Gasteiger partial charge in [-0.2, -0.15) is 0 Å². The fraction of sp³-hybridized carbons (Fsp3) is 0.0833. The van der Waals surface area contributed by atoms with Crippen LogP contribution in [0.5, 0.6) is 0 Å². The van der Waals surface area contributed by atoms with E-state index in [1.54, 1.807) is 12.1 Å². The van der Waals surface area contributed by atoms with Gasteiger partial charge in [0.15, 0.2) is 10.9 Å². The Balaban J connectivity index is 1.75. The second kappa shape index (κ2) is 5.69. The van der Waals surface area contributed by atoms with Crippen molar-refractivity contribution in [1.29, 1.82) is 0 Å². The van der Waals surface area contributed by atoms with Gasteiger partial charge in [-0.25, -0.2) is 9.97 Å². The highest BCUT2D eigenvalue weighted by molar-refractivity contribution is 7.99. The van der Waals surface area contributed by atoms with Crippen LogP contribution in [-0.2, 0) is 0 Å². The monoisotopic (exact) mass is 341 g/mol. The zero-order valence-electron chi connectivity index (χ0n) is 10.00. The van der Waals surface area contributed by atoms with Crippen molar-refractivity contribution in [3.63, 3.8) is 0 Å². The normalized spacial score (nSPS) is 11.1. The SMILES string of the molecule is Nc1nc(SCC(=O)c2ccc(Cl)s2)nc2sccc12. The highest BCUT2D eigenvalue weighted by Crippen LogP contribution is 2.27. The lowest BCUT2D eigenvalue weighted by Gasteiger charge is -2.01. The van der Waals surface area contributed by atoms with Gasteiger partial charge in [0.25, 0.3) is 0 Å². The quantitative estimate of drug-likeness (QED) is 0.442. The molecule has 0 fully saturated rings. The number of hydrogen-bond donors (Lipinski definition) is 1. The van der Waals surface area contributed by atoms with Crippen LogP contribution >= 0.6 is 46.0 Å². The van der Waals surface area contributed by atoms with Gasteiger partial charge >= 0.3 is 0 Å². The fourth-order valence-corrected chi connectivity index (χ4v) is 4.22. The number of nitrogen functional groups attached to an aromatic ring is 1. The number of thiophene rings is 2. The average Bonchev–Trinajstić information content (AvgIpc) is 3.04. The molecule has 0 bridgehead atoms. The van der Waals surface area contributed by atoms with Gasteiger partial charge in [0.05, 0.1) is 20.4 Å². The summed E-state index contributed by atoms with van der Waals surface area (Å²) < 4.78 is 0.610. The third-order valence-corrected chi connectivity index (χ3v) is 5.44. The van der Waals surface area contributed by atoms with Gasteiger partial charge < -0.3 is 5.73 Å². The van der Waals surface area contributed by atoms with Gasteiger partial charge in [-0.3, -0.25) is 4.79 Å². The Hall–Kier alpha value is -1.15. The molecule has 3 aromatic heterocycles. The van der Waals surface area contributed by atoms with Crippen LogP contribution in [0.25, 0.3) is 10.2 Å². The summed E-state index contributed by atoms with van der Waals surface area (Å²) in [6.45, 7) is 0. The zero-order chi connectivity index (χ0) is 14.1. The maximum absolute atomic E-state index is 12.0. The molecule has 3 heterocycles. The summed E-state index contributed by atoms with van der Waals surface area (Å²) in [5.74, 6) is 0.735. The number of carbonyl (C=O) groups excluding carboxylic acids is 1. The number of hydrogen-bond acceptors (Lipinski definition) is 7. The maximum Gasteiger partial charge on any atom is 0.191 e. The summed E-state index contributed by atoms with van der Waals surface area (Å²) in [4.78, 5) is 22.1. The van der Waals surface area contributed by atoms with Gasteiger partial charge in [0.1, 0.15) is 10.6 Å². The van der Waals surface area contributed by atoms with E-state index in [1.165, 1.54) is 34.4 Å². The number of Topliss-reactive ketones (excluding diaryl/α,β-unsaturated/α-hetero) is 1. The largest absolute Gasteiger partial charge is 0.383 e. The Kier molecular flexibility index (Phi) is 3.93. The van der Waals surface area contributed by atoms with Gasteiger partial charge in [-0.05, 0) is 23.6 Å². The van der Waals surface area contributed by atoms with E-state index < -0.39 is 0 Å². The summed E-state index contributed by atoms with van der Waals surface area (Å²) in [5, 5.41) is 3.30. The van der Waals surface area contributed by atoms with Crippen molar-refractivity contribution < 1.29 is 4.79 Å². The first-order valence-corrected chi connectivity index (χ1v) is 8.61. The minimum absolute atomic E-state index is 0.0142. The first-order valence-electron chi connectivity index (χ1n) is 5.55. The molecule has 102 valence electrons. The van der Waals surface area contributed by atoms with E-state index in [2.05, 4.69) is 9.97 Å². The number of carbonyl (C=O) groups is 1. The minimum Gasteiger partial charge on any atom is -0.383 e. The summed E-state index contributed by atoms with van der Waals surface area (Å²) >= 11 is 9.88. The summed E-state index contributed by atoms with van der Waals surface area (Å²) in [6.07, 6.45) is 0. The third kappa shape index (κ3) is 2.80. The van der Waals surface area contributed by atoms with Gasteiger partial charge in [0.2, 0.25) is 0 Å². The van der Waals surface area contributed by atoms with Crippen molar-refractivity contribution in [3.8, 4) is 0 Å². The third-order valence-electron chi connectivity index (χ3n) is 2.51. The van der Waals surface area contributed by atoms with Crippen LogP contribution in [0.1, 0.15) is 9.67 Å². The highest BCUT2D eigenvalue weighted by Gasteiger charge is 2.12. The molecule has 2 N–H and O–H groups in total. The Morgan fingerprint density at radius 2 is 2.20 bits per heavy atom. The molecule has 0 aliphatic heterocycles. The first-order chi connectivity index (χ1) is 9.63. The Morgan fingerprint density at radius 1 is 1.35 bits per heavy atom. The number of thioether (sulfide) groups is 1. The van der Waals surface area contributed by atoms with Crippen LogP contribution in [0, 0.1) is 0 Å². The van der Waals surface area contributed by atoms with Crippen LogP contribution in [0.15, 0.2) is 28.7 Å². The topological polar surface area (TPSA) is 68.9 Å². The lowest BCUT2D eigenvalue weighted by atomic mass is 10.4. The van der Waals surface area contributed by atoms with Crippen molar-refractivity contribution in [1.82, 2.24) is 9.97 Å². The maximum atomic E-state index is 12.0. The molecule has 0 aromatic carbocycles. The highest BCUT2D eigenvalue weighted by atomic mass is 35.5. The summed E-state index contributed by atoms with van der Waals surface area (Å²) in [6, 6.07) is 5.34. The second-order valence-corrected chi connectivity index (χ2v) is 7.40. The number of nitrogens with two attached hydrogens (primary N) is 1. The van der Waals surface area contributed by atoms with Crippen molar-refractivity contribution in [2.75, 3.05) is 11.5 Å². The Bertz CT molecular complexity index is 783. The van der Waals surface area contributed by atoms with Gasteiger partial charge in [-0.1, -0.05) is 23.4 Å². The second-order valence-electron chi connectivity index (χ2n) is 3.85. The van der Waals surface area contributed by atoms with Crippen LogP contribution in [0.4, 0.5) is 5.82 Å². The van der Waals surface area contributed by atoms with Crippen LogP contribution in [0.3, 0.4) is 0 Å². The zero-order valence-corrected chi connectivity index (χ0v) is 13.2. The predicted octanol–water partition coefficient (Wildman–Crippen LogP) is 3.96. The number of nitrogens with zero attached hydrogens (tertiary/aromatic N) is 2. The molecule has 4 nitrogen and oxygen atoms in total. The lowest BCUT2D eigenvalue weighted by molar-refractivity contribution is 0.102. The van der Waals surface area contributed by atoms with E-state index in [-0.39, 0.29) is 11.5 Å². The summed E-state index contributed by atoms with van der Waals surface area (Å²) in [5.41, 5.74) is 5.86. The number of aromatic nitrogens is 2. The fourth-order valence-electron chi connectivity index (χ4n) is 1.59. The van der Waals surface area contributed by atoms with Crippen molar-refractivity contribution in [2.24, 2.45) is 0 Å². The van der Waals surface area contributed by atoms with E-state index >= 15 is 0 Å². The van der Waals surface area contributed by atoms with E-state index in [1.807, 2.05) is 11.4 Å². The molecule has 0 atom stereocenters. The van der Waals surface area contributed by atoms with E-state index in [9.17, 15) is 4.79 Å². The van der Waals surface area contributed by atoms with Crippen molar-refractivity contribution in [2.45, 2.75) is 5.16 Å². The van der Waals surface area contributed by atoms with Crippen LogP contribution in [-0.4, -0.2) is 21.5 Å². The molecule has 0 amide bonds. The molecule has 0 aliphatic rings. The smallest absolute Gasteiger partial charge is 0.191 e. The summed E-state index contributed by atoms with van der Waals surface area (Å²) in [7, 11) is 0. The van der Waals surface area contributed by atoms with E-state index in [4.69, 9.17) is 17.3 Å². The van der Waals surface area contributed by atoms with Crippen molar-refractivity contribution >= 4 is 67.9 Å². The molecule has 0 saturated heterocycles. The number of halogens is 1. The molecule has 0 spiro atoms. The standard InChI is InChI=1S/C12H8ClN3OS3/c13-9-2-1-8(20-9)7(17)5-19-12-15-10(14)6-3-4-18-11(6)16-12/h1-4H,5H2,(H2,14,15,16). The molecule has 0 unspecified atom stereocenters. The molecule has 3 aromatic rings. The Morgan fingerprint density at radius 3 is 2.95 bits per heavy atom. The van der Waals surface area contributed by atoms with E-state index in [0.29, 0.717) is 20.2 Å². The minimum atomic E-state index is 0.0142. The van der Waals surface area contributed by atoms with Crippen LogP contribution < -0.4 is 5.73 Å². The average molecular weight is 342 g/mol. The van der Waals surface area contributed by atoms with E-state index in [0.717, 1.165) is 10.2 Å². The molecule has 20 heavy (non-hydrogen) atoms. The number of fused-ring (bicyclic) bond motifs is 1. The number of rotatable bonds is 4. The molecular formula is C12H8ClN3OS3. The Labute approximate surface area is 132 Å². The molecule has 0 aliphatic carbocycles. The van der Waals surface area contributed by atoms with Gasteiger partial charge in [0, 0.05) is 0 Å². The van der Waals surface area contributed by atoms with Gasteiger partial charge in [-0.15, -0.1) is 22.7 Å². The molecular weight excluding hydrogens is 334 g/mol. The van der Waals surface area contributed by atoms with Crippen molar-refractivity contribution in [3.05, 3.63) is 32.8 Å².